The molecular formula is C13H28OS. The van der Waals surface area contributed by atoms with Crippen LogP contribution in [0.2, 0.25) is 0 Å². The van der Waals surface area contributed by atoms with Crippen LogP contribution in [0.5, 0.6) is 0 Å². The average Bonchev–Trinajstić information content (AvgIpc) is 1.98. The normalized spacial score (nSPS) is 13.6. The Morgan fingerprint density at radius 3 is 2.00 bits per heavy atom. The molecule has 0 rings (SSSR count). The molecule has 0 atom stereocenters. The Balaban J connectivity index is 3.74. The number of hydrogen-bond acceptors (Lipinski definition) is 2. The molecule has 2 heteroatoms. The number of hydrogen-bond donors (Lipinski definition) is 1. The van der Waals surface area contributed by atoms with Crippen molar-refractivity contribution in [2.45, 2.75) is 71.2 Å². The largest absolute Gasteiger partial charge is 0.376 e. The highest BCUT2D eigenvalue weighted by Crippen LogP contribution is 2.23. The molecule has 0 heterocycles. The molecule has 0 saturated heterocycles. The van der Waals surface area contributed by atoms with Gasteiger partial charge in [0.15, 0.2) is 0 Å². The monoisotopic (exact) mass is 232 g/mol. The number of thiol groups is 1. The zero-order chi connectivity index (χ0) is 12.1. The highest BCUT2D eigenvalue weighted by molar-refractivity contribution is 7.81. The van der Waals surface area contributed by atoms with E-state index in [-0.39, 0.29) is 10.3 Å². The molecule has 92 valence electrons. The van der Waals surface area contributed by atoms with Gasteiger partial charge in [-0.2, -0.15) is 12.6 Å². The van der Waals surface area contributed by atoms with Gasteiger partial charge in [-0.1, -0.05) is 27.7 Å². The fourth-order valence-electron chi connectivity index (χ4n) is 1.29. The van der Waals surface area contributed by atoms with Crippen LogP contribution in [-0.4, -0.2) is 17.0 Å². The first-order chi connectivity index (χ1) is 6.62. The van der Waals surface area contributed by atoms with Crippen molar-refractivity contribution in [1.29, 1.82) is 0 Å². The molecule has 1 nitrogen and oxygen atoms in total. The van der Waals surface area contributed by atoms with Gasteiger partial charge in [0.2, 0.25) is 0 Å². The zero-order valence-electron chi connectivity index (χ0n) is 11.3. The third-order valence-corrected chi connectivity index (χ3v) is 2.75. The molecule has 0 aromatic heterocycles. The molecule has 0 fully saturated rings. The first-order valence-electron chi connectivity index (χ1n) is 5.99. The van der Waals surface area contributed by atoms with Gasteiger partial charge in [-0.15, -0.1) is 0 Å². The van der Waals surface area contributed by atoms with E-state index in [1.807, 2.05) is 0 Å². The van der Waals surface area contributed by atoms with Gasteiger partial charge in [-0.25, -0.2) is 0 Å². The minimum absolute atomic E-state index is 0.0172. The molecule has 0 saturated carbocycles. The summed E-state index contributed by atoms with van der Waals surface area (Å²) in [6, 6.07) is 0. The predicted octanol–water partition coefficient (Wildman–Crippen LogP) is 4.32. The Labute approximate surface area is 101 Å². The Kier molecular flexibility index (Phi) is 6.27. The molecule has 0 radical (unpaired) electrons. The highest BCUT2D eigenvalue weighted by Gasteiger charge is 2.20. The molecule has 0 bridgehead atoms. The summed E-state index contributed by atoms with van der Waals surface area (Å²) in [5, 5.41) is 0. The van der Waals surface area contributed by atoms with Crippen LogP contribution in [0.3, 0.4) is 0 Å². The summed E-state index contributed by atoms with van der Waals surface area (Å²) >= 11 is 4.49. The van der Waals surface area contributed by atoms with Gasteiger partial charge in [0.25, 0.3) is 0 Å². The van der Waals surface area contributed by atoms with Crippen LogP contribution in [0.1, 0.15) is 60.8 Å². The van der Waals surface area contributed by atoms with Gasteiger partial charge < -0.3 is 4.74 Å². The molecule has 0 aromatic rings. The predicted molar refractivity (Wildman–Crippen MR) is 71.8 cm³/mol. The number of rotatable bonds is 7. The van der Waals surface area contributed by atoms with E-state index in [1.165, 1.54) is 6.42 Å². The summed E-state index contributed by atoms with van der Waals surface area (Å²) in [6.07, 6.45) is 3.37. The smallest absolute Gasteiger partial charge is 0.0626 e. The van der Waals surface area contributed by atoms with Crippen molar-refractivity contribution in [2.24, 2.45) is 5.92 Å². The topological polar surface area (TPSA) is 9.23 Å². The van der Waals surface area contributed by atoms with Gasteiger partial charge in [0, 0.05) is 11.4 Å². The molecule has 0 unspecified atom stereocenters. The van der Waals surface area contributed by atoms with E-state index in [1.54, 1.807) is 0 Å². The van der Waals surface area contributed by atoms with Crippen molar-refractivity contribution < 1.29 is 4.74 Å². The molecular weight excluding hydrogens is 204 g/mol. The molecule has 0 N–H and O–H groups in total. The third-order valence-electron chi connectivity index (χ3n) is 2.53. The zero-order valence-corrected chi connectivity index (χ0v) is 12.2. The summed E-state index contributed by atoms with van der Waals surface area (Å²) in [5.74, 6) is 0.759. The molecule has 0 aliphatic carbocycles. The van der Waals surface area contributed by atoms with E-state index in [9.17, 15) is 0 Å². The summed E-state index contributed by atoms with van der Waals surface area (Å²) in [7, 11) is 0. The summed E-state index contributed by atoms with van der Waals surface area (Å²) < 4.78 is 5.98. The Hall–Kier alpha value is 0.310. The Morgan fingerprint density at radius 1 is 1.07 bits per heavy atom. The fraction of sp³-hybridized carbons (Fsp3) is 1.00. The van der Waals surface area contributed by atoms with Crippen LogP contribution in [-0.2, 0) is 4.74 Å². The summed E-state index contributed by atoms with van der Waals surface area (Å²) in [5.41, 5.74) is 0.0172. The van der Waals surface area contributed by atoms with Gasteiger partial charge >= 0.3 is 0 Å². The SMILES string of the molecule is CC(C)CCC(C)(C)OCCC(C)(C)S. The van der Waals surface area contributed by atoms with Crippen LogP contribution in [0, 0.1) is 5.92 Å². The van der Waals surface area contributed by atoms with E-state index >= 15 is 0 Å². The minimum Gasteiger partial charge on any atom is -0.376 e. The van der Waals surface area contributed by atoms with Crippen LogP contribution < -0.4 is 0 Å². The average molecular weight is 232 g/mol. The lowest BCUT2D eigenvalue weighted by Crippen LogP contribution is -2.27. The van der Waals surface area contributed by atoms with Gasteiger partial charge in [0.1, 0.15) is 0 Å². The van der Waals surface area contributed by atoms with Gasteiger partial charge in [0.05, 0.1) is 5.60 Å². The lowest BCUT2D eigenvalue weighted by molar-refractivity contribution is -0.0294. The highest BCUT2D eigenvalue weighted by atomic mass is 32.1. The Bertz CT molecular complexity index is 168. The minimum atomic E-state index is 0.0172. The van der Waals surface area contributed by atoms with Crippen molar-refractivity contribution in [2.75, 3.05) is 6.61 Å². The maximum absolute atomic E-state index is 5.91. The van der Waals surface area contributed by atoms with Gasteiger partial charge in [-0.3, -0.25) is 0 Å². The van der Waals surface area contributed by atoms with Crippen LogP contribution >= 0.6 is 12.6 Å². The van der Waals surface area contributed by atoms with E-state index in [2.05, 4.69) is 54.2 Å². The van der Waals surface area contributed by atoms with E-state index in [4.69, 9.17) is 4.74 Å². The number of ether oxygens (including phenoxy) is 1. The second-order valence-electron chi connectivity index (χ2n) is 6.10. The van der Waals surface area contributed by atoms with Crippen molar-refractivity contribution in [3.63, 3.8) is 0 Å². The molecule has 0 aromatic carbocycles. The molecule has 0 aliphatic rings. The van der Waals surface area contributed by atoms with Crippen molar-refractivity contribution in [1.82, 2.24) is 0 Å². The van der Waals surface area contributed by atoms with Crippen molar-refractivity contribution in [3.8, 4) is 0 Å². The maximum atomic E-state index is 5.91. The fourth-order valence-corrected chi connectivity index (χ4v) is 1.38. The van der Waals surface area contributed by atoms with Crippen LogP contribution in [0.4, 0.5) is 0 Å². The summed E-state index contributed by atoms with van der Waals surface area (Å²) in [6.45, 7) is 13.9. The first-order valence-corrected chi connectivity index (χ1v) is 6.43. The third kappa shape index (κ3) is 10.6. The lowest BCUT2D eigenvalue weighted by Gasteiger charge is -2.28. The van der Waals surface area contributed by atoms with Crippen molar-refractivity contribution in [3.05, 3.63) is 0 Å². The van der Waals surface area contributed by atoms with Crippen LogP contribution in [0.25, 0.3) is 0 Å². The van der Waals surface area contributed by atoms with E-state index in [0.29, 0.717) is 0 Å². The lowest BCUT2D eigenvalue weighted by atomic mass is 9.97. The first kappa shape index (κ1) is 15.3. The molecule has 15 heavy (non-hydrogen) atoms. The van der Waals surface area contributed by atoms with Gasteiger partial charge in [-0.05, 0) is 39.0 Å². The molecule has 0 amide bonds. The quantitative estimate of drug-likeness (QED) is 0.643. The van der Waals surface area contributed by atoms with E-state index in [0.717, 1.165) is 25.4 Å². The summed E-state index contributed by atoms with van der Waals surface area (Å²) in [4.78, 5) is 0. The second-order valence-corrected chi connectivity index (χ2v) is 7.31. The molecule has 0 aliphatic heterocycles. The molecule has 0 spiro atoms. The van der Waals surface area contributed by atoms with E-state index < -0.39 is 0 Å². The second kappa shape index (κ2) is 6.15. The maximum Gasteiger partial charge on any atom is 0.0626 e. The van der Waals surface area contributed by atoms with Crippen molar-refractivity contribution >= 4 is 12.6 Å². The standard InChI is InChI=1S/C13H28OS/c1-11(2)7-8-12(3,4)14-10-9-13(5,6)15/h11,15H,7-10H2,1-6H3. The Morgan fingerprint density at radius 2 is 1.60 bits per heavy atom. The van der Waals surface area contributed by atoms with Crippen LogP contribution in [0.15, 0.2) is 0 Å².